The predicted molar refractivity (Wildman–Crippen MR) is 274 cm³/mol. The lowest BCUT2D eigenvalue weighted by Crippen LogP contribution is -2.56. The highest BCUT2D eigenvalue weighted by molar-refractivity contribution is 6.06. The van der Waals surface area contributed by atoms with Gasteiger partial charge in [0.2, 0.25) is 0 Å². The number of hydrogen-bond acceptors (Lipinski definition) is 11. The predicted octanol–water partition coefficient (Wildman–Crippen LogP) is 7.38. The summed E-state index contributed by atoms with van der Waals surface area (Å²) in [5.74, 6) is 2.17. The lowest BCUT2D eigenvalue weighted by atomic mass is 9.57. The number of allylic oxidation sites excluding steroid dienone is 3. The number of phenolic OH excluding ortho intramolecular Hbond substituents is 1. The van der Waals surface area contributed by atoms with E-state index in [1.807, 2.05) is 25.3 Å². The number of piperidine rings is 1. The van der Waals surface area contributed by atoms with Crippen molar-refractivity contribution in [3.05, 3.63) is 136 Å². The van der Waals surface area contributed by atoms with Gasteiger partial charge in [0.05, 0.1) is 18.7 Å². The summed E-state index contributed by atoms with van der Waals surface area (Å²) in [4.78, 5) is 27.1. The highest BCUT2D eigenvalue weighted by Crippen LogP contribution is 2.53. The molecule has 11 heteroatoms. The van der Waals surface area contributed by atoms with E-state index in [-0.39, 0.29) is 41.1 Å². The Morgan fingerprint density at radius 3 is 2.61 bits per heavy atom. The molecule has 8 rings (SSSR count). The van der Waals surface area contributed by atoms with Gasteiger partial charge in [-0.15, -0.1) is 0 Å². The van der Waals surface area contributed by atoms with E-state index >= 15 is 0 Å². The van der Waals surface area contributed by atoms with E-state index < -0.39 is 12.9 Å². The van der Waals surface area contributed by atoms with Gasteiger partial charge in [0.25, 0.3) is 0 Å². The first-order valence-electron chi connectivity index (χ1n) is 25.9. The molecule has 1 saturated heterocycles. The fourth-order valence-corrected chi connectivity index (χ4v) is 12.5. The van der Waals surface area contributed by atoms with Crippen molar-refractivity contribution in [2.24, 2.45) is 34.8 Å². The monoisotopic (exact) mass is 940 g/mol. The molecular formula is C58H77N5O6. The smallest absolute Gasteiger partial charge is 0.186 e. The van der Waals surface area contributed by atoms with E-state index in [1.165, 1.54) is 35.6 Å². The zero-order valence-corrected chi connectivity index (χ0v) is 40.7. The summed E-state index contributed by atoms with van der Waals surface area (Å²) < 4.78 is 5.35. The summed E-state index contributed by atoms with van der Waals surface area (Å²) in [6.45, 7) is 4.90. The Hall–Kier alpha value is -4.88. The summed E-state index contributed by atoms with van der Waals surface area (Å²) in [7, 11) is 0. The number of ketones is 2. The van der Waals surface area contributed by atoms with Gasteiger partial charge in [-0.25, -0.2) is 0 Å². The molecule has 9 N–H and O–H groups in total. The zero-order chi connectivity index (χ0) is 48.2. The van der Waals surface area contributed by atoms with Gasteiger partial charge < -0.3 is 47.1 Å². The molecule has 3 heterocycles. The van der Waals surface area contributed by atoms with Gasteiger partial charge in [-0.3, -0.25) is 9.59 Å². The van der Waals surface area contributed by atoms with E-state index in [4.69, 9.17) is 10.5 Å². The number of ether oxygens (including phenoxy) is 1. The Kier molecular flexibility index (Phi) is 17.8. The molecule has 69 heavy (non-hydrogen) atoms. The minimum Gasteiger partial charge on any atom is -0.504 e. The highest BCUT2D eigenvalue weighted by atomic mass is 16.6. The summed E-state index contributed by atoms with van der Waals surface area (Å²) in [5, 5.41) is 45.1. The molecule has 2 aliphatic carbocycles. The molecular weight excluding hydrogens is 863 g/mol. The third-order valence-electron chi connectivity index (χ3n) is 15.9. The Labute approximate surface area is 410 Å². The first kappa shape index (κ1) is 50.5. The second-order valence-electron chi connectivity index (χ2n) is 20.9. The number of phenols is 1. The van der Waals surface area contributed by atoms with Crippen molar-refractivity contribution in [3.8, 4) is 11.5 Å². The molecule has 3 aromatic rings. The number of carbonyl (C=O) groups is 2. The Morgan fingerprint density at radius 1 is 1.00 bits per heavy atom. The molecule has 2 saturated carbocycles. The number of aromatic hydroxyl groups is 1. The van der Waals surface area contributed by atoms with Gasteiger partial charge in [-0.05, 0) is 196 Å². The maximum atomic E-state index is 13.6. The van der Waals surface area contributed by atoms with Crippen molar-refractivity contribution >= 4 is 17.6 Å². The van der Waals surface area contributed by atoms with Crippen LogP contribution in [0.25, 0.3) is 6.08 Å². The summed E-state index contributed by atoms with van der Waals surface area (Å²) >= 11 is 0. The third kappa shape index (κ3) is 13.9. The van der Waals surface area contributed by atoms with Crippen molar-refractivity contribution in [2.45, 2.75) is 128 Å². The quantitative estimate of drug-likeness (QED) is 0.0206. The number of aliphatic hydroxyl groups is 2. The number of Topliss-reactive ketones (excluding diaryl/α,β-unsaturated/α-hetero) is 1. The van der Waals surface area contributed by atoms with Gasteiger partial charge in [0.1, 0.15) is 5.78 Å². The van der Waals surface area contributed by atoms with E-state index in [9.17, 15) is 24.9 Å². The fourth-order valence-electron chi connectivity index (χ4n) is 12.5. The van der Waals surface area contributed by atoms with E-state index in [2.05, 4.69) is 82.0 Å². The van der Waals surface area contributed by atoms with Crippen LogP contribution in [0.2, 0.25) is 0 Å². The average molecular weight is 940 g/mol. The van der Waals surface area contributed by atoms with E-state index in [0.29, 0.717) is 60.7 Å². The Balaban J connectivity index is 0.898. The van der Waals surface area contributed by atoms with Gasteiger partial charge in [0.15, 0.2) is 24.1 Å². The number of benzene rings is 3. The van der Waals surface area contributed by atoms with Crippen molar-refractivity contribution in [3.63, 3.8) is 0 Å². The van der Waals surface area contributed by atoms with Crippen LogP contribution in [-0.4, -0.2) is 84.2 Å². The molecule has 5 aliphatic rings. The van der Waals surface area contributed by atoms with Crippen LogP contribution in [0.1, 0.15) is 105 Å². The number of aryl methyl sites for hydroxylation is 3. The highest BCUT2D eigenvalue weighted by Gasteiger charge is 2.49. The van der Waals surface area contributed by atoms with Gasteiger partial charge in [-0.2, -0.15) is 0 Å². The van der Waals surface area contributed by atoms with Crippen LogP contribution < -0.4 is 31.7 Å². The number of dihydropyridines is 1. The number of fused-ring (bicyclic) bond motifs is 2. The molecule has 370 valence electrons. The number of aliphatic hydroxyl groups excluding tert-OH is 2. The minimum atomic E-state index is -0.619. The fraction of sp³-hybridized carbons (Fsp3) is 0.517. The van der Waals surface area contributed by atoms with Crippen molar-refractivity contribution < 1.29 is 29.6 Å². The summed E-state index contributed by atoms with van der Waals surface area (Å²) in [6.07, 6.45) is 23.9. The summed E-state index contributed by atoms with van der Waals surface area (Å²) in [6, 6.07) is 23.4. The molecule has 3 fully saturated rings. The van der Waals surface area contributed by atoms with Gasteiger partial charge in [0, 0.05) is 37.8 Å². The molecule has 0 spiro atoms. The number of nitrogens with one attached hydrogen (secondary N) is 4. The van der Waals surface area contributed by atoms with Crippen molar-refractivity contribution in [2.75, 3.05) is 33.0 Å². The lowest BCUT2D eigenvalue weighted by Gasteiger charge is -2.52. The second-order valence-corrected chi connectivity index (χ2v) is 20.9. The number of rotatable bonds is 23. The SMILES string of the molecule is CC(O)CNC1CCC(CCCC(=O)CC(=O)C=Cc2cc(OCO)c(O)cc2CC2=CNC(N)C=C2CCc2cccc(CCc3ccccc3)c2)(CC2C3CCNCC3CC3C=CCNC32)C1. The van der Waals surface area contributed by atoms with Gasteiger partial charge in [-0.1, -0.05) is 72.8 Å². The summed E-state index contributed by atoms with van der Waals surface area (Å²) in [5.41, 5.74) is 13.9. The molecule has 11 nitrogen and oxygen atoms in total. The maximum Gasteiger partial charge on any atom is 0.186 e. The molecule has 9 atom stereocenters. The normalized spacial score (nSPS) is 26.9. The molecule has 0 radical (unpaired) electrons. The van der Waals surface area contributed by atoms with E-state index in [0.717, 1.165) is 101 Å². The second kappa shape index (κ2) is 24.3. The van der Waals surface area contributed by atoms with Crippen LogP contribution in [0, 0.1) is 29.1 Å². The van der Waals surface area contributed by atoms with Crippen molar-refractivity contribution in [1.29, 1.82) is 0 Å². The van der Waals surface area contributed by atoms with Crippen LogP contribution in [0.3, 0.4) is 0 Å². The van der Waals surface area contributed by atoms with Crippen LogP contribution in [-0.2, 0) is 35.3 Å². The lowest BCUT2D eigenvalue weighted by molar-refractivity contribution is -0.124. The number of hydrogen-bond donors (Lipinski definition) is 8. The molecule has 0 bridgehead atoms. The maximum absolute atomic E-state index is 13.6. The van der Waals surface area contributed by atoms with Crippen LogP contribution in [0.4, 0.5) is 0 Å². The average Bonchev–Trinajstić information content (AvgIpc) is 3.75. The van der Waals surface area contributed by atoms with Crippen LogP contribution >= 0.6 is 0 Å². The van der Waals surface area contributed by atoms with E-state index in [1.54, 1.807) is 18.2 Å². The first-order valence-corrected chi connectivity index (χ1v) is 25.9. The Morgan fingerprint density at radius 2 is 1.80 bits per heavy atom. The third-order valence-corrected chi connectivity index (χ3v) is 15.9. The molecule has 0 amide bonds. The first-order chi connectivity index (χ1) is 33.5. The number of carbonyl (C=O) groups excluding carboxylic acids is 2. The molecule has 9 unspecified atom stereocenters. The zero-order valence-electron chi connectivity index (χ0n) is 40.7. The largest absolute Gasteiger partial charge is 0.504 e. The molecule has 0 aromatic heterocycles. The molecule has 3 aromatic carbocycles. The topological polar surface area (TPSA) is 178 Å². The van der Waals surface area contributed by atoms with Gasteiger partial charge >= 0.3 is 0 Å². The van der Waals surface area contributed by atoms with Crippen LogP contribution in [0.5, 0.6) is 11.5 Å². The van der Waals surface area contributed by atoms with Crippen LogP contribution in [0.15, 0.2) is 108 Å². The number of nitrogens with two attached hydrogens (primary N) is 1. The minimum absolute atomic E-state index is 0.0571. The molecule has 3 aliphatic heterocycles. The van der Waals surface area contributed by atoms with Crippen molar-refractivity contribution in [1.82, 2.24) is 21.3 Å². The standard InChI is InChI=1S/C58H77N5O6/c1-39(65)35-62-49-20-23-58(33-49,34-53-52-21-25-60-36-48(52)27-45-12-7-24-61-57(45)53)22-6-13-50(66)32-51(67)19-18-43-30-55(69-38-64)54(68)29-46(43)28-47-37-63-56(59)31-44(47)17-16-42-11-5-10-41(26-42)15-14-40-8-3-2-4-9-40/h2-5,7-12,18-19,26,29-31,37,39,45,48-49,52-53,56-57,60-65,68H,6,13-17,20-25,27-28,32-36,38,59H2,1H3. The Bertz CT molecular complexity index is 2330.